The van der Waals surface area contributed by atoms with Gasteiger partial charge in [0.2, 0.25) is 5.91 Å². The predicted molar refractivity (Wildman–Crippen MR) is 78.4 cm³/mol. The molecule has 1 atom stereocenters. The maximum Gasteiger partial charge on any atom is 0.307 e. The van der Waals surface area contributed by atoms with Crippen LogP contribution in [0.1, 0.15) is 38.3 Å². The summed E-state index contributed by atoms with van der Waals surface area (Å²) in [5.41, 5.74) is 0.719. The molecular formula is C15H20ClNO3. The molecule has 4 nitrogen and oxygen atoms in total. The lowest BCUT2D eigenvalue weighted by atomic mass is 10.0. The number of ether oxygens (including phenoxy) is 1. The van der Waals surface area contributed by atoms with Crippen LogP contribution < -0.4 is 5.32 Å². The van der Waals surface area contributed by atoms with E-state index < -0.39 is 6.04 Å². The number of rotatable bonds is 6. The third-order valence-corrected chi connectivity index (χ3v) is 3.15. The standard InChI is InChI=1S/C15H20ClNO3/c1-10(2)8-14(18)17-13(9-15(19)20-3)11-6-4-5-7-12(11)16/h4-7,10,13H,8-9H2,1-3H3,(H,17,18). The Morgan fingerprint density at radius 2 is 1.90 bits per heavy atom. The van der Waals surface area contributed by atoms with Crippen molar-refractivity contribution in [3.8, 4) is 0 Å². The summed E-state index contributed by atoms with van der Waals surface area (Å²) in [6.45, 7) is 3.93. The number of nitrogens with one attached hydrogen (secondary N) is 1. The molecule has 0 aliphatic carbocycles. The summed E-state index contributed by atoms with van der Waals surface area (Å²) in [6, 6.07) is 6.68. The van der Waals surface area contributed by atoms with Gasteiger partial charge in [-0.2, -0.15) is 0 Å². The molecule has 1 unspecified atom stereocenters. The van der Waals surface area contributed by atoms with Gasteiger partial charge in [0.05, 0.1) is 19.6 Å². The summed E-state index contributed by atoms with van der Waals surface area (Å²) in [7, 11) is 1.32. The van der Waals surface area contributed by atoms with Crippen LogP contribution in [0.3, 0.4) is 0 Å². The smallest absolute Gasteiger partial charge is 0.307 e. The number of benzene rings is 1. The summed E-state index contributed by atoms with van der Waals surface area (Å²) >= 11 is 6.13. The number of hydrogen-bond donors (Lipinski definition) is 1. The monoisotopic (exact) mass is 297 g/mol. The van der Waals surface area contributed by atoms with Crippen molar-refractivity contribution < 1.29 is 14.3 Å². The molecule has 1 aromatic carbocycles. The van der Waals surface area contributed by atoms with Crippen LogP contribution in [-0.2, 0) is 14.3 Å². The third kappa shape index (κ3) is 5.21. The summed E-state index contributed by atoms with van der Waals surface area (Å²) in [4.78, 5) is 23.4. The van der Waals surface area contributed by atoms with Gasteiger partial charge in [0, 0.05) is 11.4 Å². The lowest BCUT2D eigenvalue weighted by Crippen LogP contribution is -2.31. The zero-order valence-corrected chi connectivity index (χ0v) is 12.7. The van der Waals surface area contributed by atoms with E-state index in [1.165, 1.54) is 7.11 Å². The molecule has 20 heavy (non-hydrogen) atoms. The van der Waals surface area contributed by atoms with Crippen LogP contribution in [0, 0.1) is 5.92 Å². The van der Waals surface area contributed by atoms with Crippen molar-refractivity contribution in [1.82, 2.24) is 5.32 Å². The molecule has 1 rings (SSSR count). The summed E-state index contributed by atoms with van der Waals surface area (Å²) < 4.78 is 4.67. The predicted octanol–water partition coefficient (Wildman–Crippen LogP) is 3.11. The van der Waals surface area contributed by atoms with Gasteiger partial charge in [-0.15, -0.1) is 0 Å². The fourth-order valence-electron chi connectivity index (χ4n) is 1.87. The second-order valence-electron chi connectivity index (χ2n) is 5.02. The molecule has 110 valence electrons. The Bertz CT molecular complexity index is 474. The van der Waals surface area contributed by atoms with Crippen molar-refractivity contribution in [2.75, 3.05) is 7.11 Å². The minimum atomic E-state index is -0.470. The second kappa shape index (κ2) is 7.90. The Hall–Kier alpha value is -1.55. The highest BCUT2D eigenvalue weighted by molar-refractivity contribution is 6.31. The number of amides is 1. The SMILES string of the molecule is COC(=O)CC(NC(=O)CC(C)C)c1ccccc1Cl. The first-order valence-corrected chi connectivity index (χ1v) is 6.92. The maximum atomic E-state index is 11.9. The fourth-order valence-corrected chi connectivity index (χ4v) is 2.14. The summed E-state index contributed by atoms with van der Waals surface area (Å²) in [5, 5.41) is 3.37. The minimum Gasteiger partial charge on any atom is -0.469 e. The zero-order chi connectivity index (χ0) is 15.1. The van der Waals surface area contributed by atoms with Crippen LogP contribution in [0.5, 0.6) is 0 Å². The molecule has 0 radical (unpaired) electrons. The average Bonchev–Trinajstić information content (AvgIpc) is 2.37. The Morgan fingerprint density at radius 3 is 2.45 bits per heavy atom. The first-order chi connectivity index (χ1) is 9.43. The van der Waals surface area contributed by atoms with Crippen molar-refractivity contribution in [3.05, 3.63) is 34.9 Å². The van der Waals surface area contributed by atoms with Crippen molar-refractivity contribution in [2.45, 2.75) is 32.7 Å². The molecule has 0 aliphatic heterocycles. The van der Waals surface area contributed by atoms with E-state index in [1.54, 1.807) is 18.2 Å². The Labute approximate surface area is 124 Å². The molecule has 1 aromatic rings. The molecule has 0 spiro atoms. The van der Waals surface area contributed by atoms with Crippen LogP contribution in [-0.4, -0.2) is 19.0 Å². The van der Waals surface area contributed by atoms with E-state index in [4.69, 9.17) is 11.6 Å². The van der Waals surface area contributed by atoms with Gasteiger partial charge < -0.3 is 10.1 Å². The first-order valence-electron chi connectivity index (χ1n) is 6.54. The summed E-state index contributed by atoms with van der Waals surface area (Å²) in [6.07, 6.45) is 0.464. The third-order valence-electron chi connectivity index (χ3n) is 2.81. The van der Waals surface area contributed by atoms with E-state index >= 15 is 0 Å². The topological polar surface area (TPSA) is 55.4 Å². The van der Waals surface area contributed by atoms with Crippen LogP contribution in [0.25, 0.3) is 0 Å². The van der Waals surface area contributed by atoms with E-state index in [-0.39, 0.29) is 24.2 Å². The average molecular weight is 298 g/mol. The van der Waals surface area contributed by atoms with Crippen LogP contribution in [0.2, 0.25) is 5.02 Å². The van der Waals surface area contributed by atoms with Crippen LogP contribution >= 0.6 is 11.6 Å². The molecule has 0 saturated heterocycles. The maximum absolute atomic E-state index is 11.9. The fraction of sp³-hybridized carbons (Fsp3) is 0.467. The normalized spacial score (nSPS) is 12.1. The van der Waals surface area contributed by atoms with E-state index in [9.17, 15) is 9.59 Å². The Balaban J connectivity index is 2.88. The van der Waals surface area contributed by atoms with Gasteiger partial charge >= 0.3 is 5.97 Å². The molecule has 0 aromatic heterocycles. The van der Waals surface area contributed by atoms with Crippen molar-refractivity contribution in [1.29, 1.82) is 0 Å². The Kier molecular flexibility index (Phi) is 6.52. The highest BCUT2D eigenvalue weighted by atomic mass is 35.5. The second-order valence-corrected chi connectivity index (χ2v) is 5.43. The van der Waals surface area contributed by atoms with Crippen molar-refractivity contribution in [3.63, 3.8) is 0 Å². The number of halogens is 1. The van der Waals surface area contributed by atoms with Gasteiger partial charge in [-0.3, -0.25) is 9.59 Å². The molecule has 1 N–H and O–H groups in total. The minimum absolute atomic E-state index is 0.0596. The van der Waals surface area contributed by atoms with Gasteiger partial charge in [0.1, 0.15) is 0 Å². The Morgan fingerprint density at radius 1 is 1.25 bits per heavy atom. The van der Waals surface area contributed by atoms with Gasteiger partial charge in [-0.05, 0) is 17.5 Å². The van der Waals surface area contributed by atoms with Gasteiger partial charge in [0.25, 0.3) is 0 Å². The molecule has 0 aliphatic rings. The van der Waals surface area contributed by atoms with Crippen molar-refractivity contribution >= 4 is 23.5 Å². The molecule has 0 fully saturated rings. The largest absolute Gasteiger partial charge is 0.469 e. The molecule has 0 bridgehead atoms. The lowest BCUT2D eigenvalue weighted by molar-refractivity contribution is -0.141. The zero-order valence-electron chi connectivity index (χ0n) is 12.0. The van der Waals surface area contributed by atoms with Gasteiger partial charge in [-0.25, -0.2) is 0 Å². The van der Waals surface area contributed by atoms with Gasteiger partial charge in [0.15, 0.2) is 0 Å². The van der Waals surface area contributed by atoms with E-state index in [1.807, 2.05) is 19.9 Å². The molecule has 5 heteroatoms. The molecular weight excluding hydrogens is 278 g/mol. The number of hydrogen-bond acceptors (Lipinski definition) is 3. The molecule has 0 heterocycles. The molecule has 1 amide bonds. The first kappa shape index (κ1) is 16.5. The van der Waals surface area contributed by atoms with Crippen molar-refractivity contribution in [2.24, 2.45) is 5.92 Å². The van der Waals surface area contributed by atoms with Crippen LogP contribution in [0.4, 0.5) is 0 Å². The number of carbonyl (C=O) groups excluding carboxylic acids is 2. The highest BCUT2D eigenvalue weighted by Gasteiger charge is 2.21. The van der Waals surface area contributed by atoms with Gasteiger partial charge in [-0.1, -0.05) is 43.6 Å². The quantitative estimate of drug-likeness (QED) is 0.821. The van der Waals surface area contributed by atoms with E-state index in [2.05, 4.69) is 10.1 Å². The number of esters is 1. The van der Waals surface area contributed by atoms with Crippen LogP contribution in [0.15, 0.2) is 24.3 Å². The molecule has 0 saturated carbocycles. The number of methoxy groups -OCH3 is 1. The lowest BCUT2D eigenvalue weighted by Gasteiger charge is -2.20. The van der Waals surface area contributed by atoms with E-state index in [0.29, 0.717) is 11.4 Å². The highest BCUT2D eigenvalue weighted by Crippen LogP contribution is 2.25. The van der Waals surface area contributed by atoms with E-state index in [0.717, 1.165) is 5.56 Å². The number of carbonyl (C=O) groups is 2. The summed E-state index contributed by atoms with van der Waals surface area (Å²) in [5.74, 6) is -0.242.